The molecule has 8 nitrogen and oxygen atoms in total. The molecule has 1 atom stereocenters. The number of nitrogens with zero attached hydrogens (tertiary/aromatic N) is 3. The van der Waals surface area contributed by atoms with Crippen molar-refractivity contribution >= 4 is 45.8 Å². The van der Waals surface area contributed by atoms with Crippen LogP contribution in [0.25, 0.3) is 11.0 Å². The number of fused-ring (bicyclic) bond motifs is 1. The highest BCUT2D eigenvalue weighted by molar-refractivity contribution is 6.35. The Kier molecular flexibility index (Phi) is 7.75. The van der Waals surface area contributed by atoms with Gasteiger partial charge in [0, 0.05) is 44.0 Å². The van der Waals surface area contributed by atoms with Gasteiger partial charge >= 0.3 is 0 Å². The summed E-state index contributed by atoms with van der Waals surface area (Å²) in [5, 5.41) is 16.4. The zero-order valence-corrected chi connectivity index (χ0v) is 18.1. The summed E-state index contributed by atoms with van der Waals surface area (Å²) >= 11 is 18.5. The summed E-state index contributed by atoms with van der Waals surface area (Å²) in [4.78, 5) is 12.5. The summed E-state index contributed by atoms with van der Waals surface area (Å²) in [5.41, 5.74) is 2.55. The van der Waals surface area contributed by atoms with E-state index in [9.17, 15) is 0 Å². The molecule has 11 heteroatoms. The molecular formula is C20H16Cl3N3O5. The van der Waals surface area contributed by atoms with Crippen LogP contribution >= 0.6 is 34.8 Å². The number of benzene rings is 2. The van der Waals surface area contributed by atoms with Crippen molar-refractivity contribution in [2.24, 2.45) is 0 Å². The van der Waals surface area contributed by atoms with Crippen molar-refractivity contribution in [3.8, 4) is 0 Å². The molecule has 2 aromatic heterocycles. The van der Waals surface area contributed by atoms with Crippen molar-refractivity contribution in [1.29, 1.82) is 0 Å². The lowest BCUT2D eigenvalue weighted by Crippen LogP contribution is -2.12. The van der Waals surface area contributed by atoms with Crippen LogP contribution in [-0.2, 0) is 17.9 Å². The van der Waals surface area contributed by atoms with E-state index >= 15 is 0 Å². The molecule has 0 saturated heterocycles. The van der Waals surface area contributed by atoms with Crippen molar-refractivity contribution < 1.29 is 19.4 Å². The van der Waals surface area contributed by atoms with Crippen LogP contribution in [0.1, 0.15) is 17.2 Å². The van der Waals surface area contributed by atoms with Gasteiger partial charge in [-0.25, -0.2) is 4.98 Å². The summed E-state index contributed by atoms with van der Waals surface area (Å²) in [6.07, 6.45) is 6.78. The van der Waals surface area contributed by atoms with Crippen molar-refractivity contribution in [1.82, 2.24) is 9.55 Å². The van der Waals surface area contributed by atoms with Gasteiger partial charge in [-0.05, 0) is 30.3 Å². The number of ether oxygens (including phenoxy) is 1. The fourth-order valence-corrected chi connectivity index (χ4v) is 3.64. The molecule has 2 heterocycles. The SMILES string of the molecule is Clc1ccc(C(Cn2ccnc2)OCc2coc3cc(Cl)ccc23)c(Cl)c1.O=[N+]([O-])O. The average molecular weight is 485 g/mol. The predicted octanol–water partition coefficient (Wildman–Crippen LogP) is 6.20. The van der Waals surface area contributed by atoms with Gasteiger partial charge < -0.3 is 18.9 Å². The first-order valence-corrected chi connectivity index (χ1v) is 9.98. The molecule has 31 heavy (non-hydrogen) atoms. The van der Waals surface area contributed by atoms with E-state index in [-0.39, 0.29) is 6.10 Å². The van der Waals surface area contributed by atoms with Crippen LogP contribution in [0.3, 0.4) is 0 Å². The smallest absolute Gasteiger partial charge is 0.291 e. The molecule has 2 aromatic carbocycles. The topological polar surface area (TPSA) is 104 Å². The number of rotatable bonds is 6. The van der Waals surface area contributed by atoms with Crippen LogP contribution in [0.5, 0.6) is 0 Å². The Morgan fingerprint density at radius 1 is 1.19 bits per heavy atom. The minimum Gasteiger partial charge on any atom is -0.464 e. The standard InChI is InChI=1S/C20H15Cl3N2O2.HNO3/c21-14-2-4-17(18(23)7-14)20(9-25-6-5-24-12-25)27-11-13-10-26-19-8-15(22)1-3-16(13)19;2-1(3)4/h1-8,10,12,20H,9,11H2;(H,2,3,4). The van der Waals surface area contributed by atoms with E-state index in [1.165, 1.54) is 0 Å². The fraction of sp³-hybridized carbons (Fsp3) is 0.150. The van der Waals surface area contributed by atoms with Crippen molar-refractivity contribution in [3.63, 3.8) is 0 Å². The first kappa shape index (κ1) is 22.9. The zero-order chi connectivity index (χ0) is 22.4. The van der Waals surface area contributed by atoms with Crippen LogP contribution in [0.4, 0.5) is 0 Å². The fourth-order valence-electron chi connectivity index (χ4n) is 2.95. The van der Waals surface area contributed by atoms with Gasteiger partial charge in [0.05, 0.1) is 25.7 Å². The largest absolute Gasteiger partial charge is 0.464 e. The highest BCUT2D eigenvalue weighted by Gasteiger charge is 2.18. The quantitative estimate of drug-likeness (QED) is 0.258. The third-order valence-corrected chi connectivity index (χ3v) is 5.10. The Balaban J connectivity index is 0.000000628. The second kappa shape index (κ2) is 10.5. The van der Waals surface area contributed by atoms with E-state index in [2.05, 4.69) is 4.98 Å². The van der Waals surface area contributed by atoms with Gasteiger partial charge in [-0.3, -0.25) is 0 Å². The van der Waals surface area contributed by atoms with Gasteiger partial charge in [-0.1, -0.05) is 40.9 Å². The normalized spacial score (nSPS) is 11.7. The number of furan rings is 1. The molecule has 0 spiro atoms. The summed E-state index contributed by atoms with van der Waals surface area (Å²) in [6.45, 7) is 0.940. The zero-order valence-electron chi connectivity index (χ0n) is 15.8. The van der Waals surface area contributed by atoms with Gasteiger partial charge in [0.15, 0.2) is 0 Å². The van der Waals surface area contributed by atoms with E-state index in [0.29, 0.717) is 28.2 Å². The molecule has 0 bridgehead atoms. The predicted molar refractivity (Wildman–Crippen MR) is 116 cm³/mol. The summed E-state index contributed by atoms with van der Waals surface area (Å²) in [7, 11) is 0. The maximum Gasteiger partial charge on any atom is 0.291 e. The maximum atomic E-state index is 8.36. The molecule has 0 aliphatic heterocycles. The van der Waals surface area contributed by atoms with Crippen LogP contribution in [0.2, 0.25) is 15.1 Å². The minimum atomic E-state index is -1.50. The first-order chi connectivity index (χ1) is 14.8. The average Bonchev–Trinajstić information content (AvgIpc) is 3.34. The summed E-state index contributed by atoms with van der Waals surface area (Å²) < 4.78 is 13.8. The van der Waals surface area contributed by atoms with Crippen LogP contribution in [0.15, 0.2) is 65.8 Å². The van der Waals surface area contributed by atoms with Gasteiger partial charge in [-0.2, -0.15) is 0 Å². The molecule has 4 aromatic rings. The van der Waals surface area contributed by atoms with Crippen molar-refractivity contribution in [2.45, 2.75) is 19.3 Å². The molecule has 0 aliphatic carbocycles. The van der Waals surface area contributed by atoms with E-state index in [1.54, 1.807) is 30.9 Å². The van der Waals surface area contributed by atoms with E-state index < -0.39 is 5.09 Å². The monoisotopic (exact) mass is 483 g/mol. The van der Waals surface area contributed by atoms with E-state index in [1.807, 2.05) is 35.0 Å². The number of hydrogen-bond donors (Lipinski definition) is 1. The van der Waals surface area contributed by atoms with Gasteiger partial charge in [0.25, 0.3) is 5.09 Å². The molecule has 1 unspecified atom stereocenters. The number of halogens is 3. The molecule has 1 N–H and O–H groups in total. The molecule has 0 amide bonds. The lowest BCUT2D eigenvalue weighted by Gasteiger charge is -2.20. The molecule has 4 rings (SSSR count). The Morgan fingerprint density at radius 3 is 2.58 bits per heavy atom. The number of hydrogen-bond acceptors (Lipinski definition) is 5. The third-order valence-electron chi connectivity index (χ3n) is 4.30. The van der Waals surface area contributed by atoms with Gasteiger partial charge in [0.2, 0.25) is 0 Å². The Bertz CT molecular complexity index is 1160. The number of aromatic nitrogens is 2. The Morgan fingerprint density at radius 2 is 1.90 bits per heavy atom. The lowest BCUT2D eigenvalue weighted by atomic mass is 10.1. The Labute approximate surface area is 191 Å². The van der Waals surface area contributed by atoms with Gasteiger partial charge in [0.1, 0.15) is 11.7 Å². The second-order valence-corrected chi connectivity index (χ2v) is 7.64. The van der Waals surface area contributed by atoms with E-state index in [0.717, 1.165) is 22.1 Å². The van der Waals surface area contributed by atoms with Crippen LogP contribution in [0, 0.1) is 10.1 Å². The molecular weight excluding hydrogens is 469 g/mol. The first-order valence-electron chi connectivity index (χ1n) is 8.84. The second-order valence-electron chi connectivity index (χ2n) is 6.36. The van der Waals surface area contributed by atoms with Crippen molar-refractivity contribution in [2.75, 3.05) is 0 Å². The van der Waals surface area contributed by atoms with Gasteiger partial charge in [-0.15, -0.1) is 10.1 Å². The van der Waals surface area contributed by atoms with E-state index in [4.69, 9.17) is 59.3 Å². The van der Waals surface area contributed by atoms with Crippen molar-refractivity contribution in [3.05, 3.63) is 97.7 Å². The molecule has 0 aliphatic rings. The molecule has 0 saturated carbocycles. The third kappa shape index (κ3) is 6.35. The lowest BCUT2D eigenvalue weighted by molar-refractivity contribution is -0.742. The molecule has 0 radical (unpaired) electrons. The highest BCUT2D eigenvalue weighted by atomic mass is 35.5. The molecule has 0 fully saturated rings. The number of imidazole rings is 1. The molecule has 162 valence electrons. The van der Waals surface area contributed by atoms with Crippen LogP contribution in [-0.4, -0.2) is 19.8 Å². The Hall–Kier alpha value is -2.78. The highest BCUT2D eigenvalue weighted by Crippen LogP contribution is 2.32. The summed E-state index contributed by atoms with van der Waals surface area (Å²) in [5.74, 6) is 0. The van der Waals surface area contributed by atoms with Crippen LogP contribution < -0.4 is 0 Å². The minimum absolute atomic E-state index is 0.277. The summed E-state index contributed by atoms with van der Waals surface area (Å²) in [6, 6.07) is 11.0. The maximum absolute atomic E-state index is 8.36.